The molecule has 4 atom stereocenters. The van der Waals surface area contributed by atoms with Crippen molar-refractivity contribution in [2.45, 2.75) is 49.8 Å². The van der Waals surface area contributed by atoms with Crippen molar-refractivity contribution < 1.29 is 17.7 Å². The lowest BCUT2D eigenvalue weighted by Crippen LogP contribution is -2.64. The zero-order valence-electron chi connectivity index (χ0n) is 18.4. The number of nitrogens with zero attached hydrogens (tertiary/aromatic N) is 5. The van der Waals surface area contributed by atoms with Crippen LogP contribution < -0.4 is 14.9 Å². The molecule has 178 valence electrons. The summed E-state index contributed by atoms with van der Waals surface area (Å²) >= 11 is 0.828. The topological polar surface area (TPSA) is 96.7 Å². The molecule has 2 fully saturated rings. The van der Waals surface area contributed by atoms with Gasteiger partial charge in [0, 0.05) is 31.9 Å². The van der Waals surface area contributed by atoms with Crippen LogP contribution in [0.2, 0.25) is 0 Å². The molecule has 33 heavy (non-hydrogen) atoms. The number of piperazine rings is 1. The summed E-state index contributed by atoms with van der Waals surface area (Å²) in [4.78, 5) is 7.34. The Morgan fingerprint density at radius 1 is 1.39 bits per heavy atom. The Hall–Kier alpha value is -2.06. The molecule has 0 radical (unpaired) electrons. The van der Waals surface area contributed by atoms with E-state index in [-0.39, 0.29) is 17.2 Å². The van der Waals surface area contributed by atoms with E-state index in [1.165, 1.54) is 0 Å². The molecule has 0 spiro atoms. The van der Waals surface area contributed by atoms with Gasteiger partial charge >= 0.3 is 0 Å². The van der Waals surface area contributed by atoms with E-state index in [0.29, 0.717) is 27.9 Å². The molecule has 0 amide bonds. The fourth-order valence-electron chi connectivity index (χ4n) is 4.00. The molecule has 9 nitrogen and oxygen atoms in total. The maximum atomic E-state index is 13.4. The molecule has 2 aliphatic heterocycles. The SMILES string of the molecule is CC1CN(c2cc(S(=O)NC3(C)COC3C)cn3c(-c4nnc(C(F)F)s4)cnc23)CCN1. The zero-order chi connectivity index (χ0) is 23.3. The number of fused-ring (bicyclic) bond motifs is 1. The average Bonchev–Trinajstić information content (AvgIpc) is 3.44. The molecular formula is C20H25F2N7O2S2. The number of anilines is 1. The van der Waals surface area contributed by atoms with E-state index in [4.69, 9.17) is 4.74 Å². The Morgan fingerprint density at radius 3 is 2.85 bits per heavy atom. The molecule has 3 aromatic rings. The maximum Gasteiger partial charge on any atom is 0.291 e. The zero-order valence-corrected chi connectivity index (χ0v) is 20.1. The van der Waals surface area contributed by atoms with E-state index in [9.17, 15) is 13.0 Å². The quantitative estimate of drug-likeness (QED) is 0.540. The second kappa shape index (κ2) is 8.62. The molecule has 13 heteroatoms. The molecule has 4 unspecified atom stereocenters. The third-order valence-electron chi connectivity index (χ3n) is 6.19. The first-order valence-corrected chi connectivity index (χ1v) is 12.6. The summed E-state index contributed by atoms with van der Waals surface area (Å²) in [6, 6.07) is 2.18. The predicted molar refractivity (Wildman–Crippen MR) is 122 cm³/mol. The summed E-state index contributed by atoms with van der Waals surface area (Å²) in [5.74, 6) is 0. The Labute approximate surface area is 196 Å². The fraction of sp³-hybridized carbons (Fsp3) is 0.550. The van der Waals surface area contributed by atoms with E-state index in [1.807, 2.05) is 19.9 Å². The van der Waals surface area contributed by atoms with E-state index in [1.54, 1.807) is 16.8 Å². The number of ether oxygens (including phenoxy) is 1. The number of hydrogen-bond donors (Lipinski definition) is 2. The first-order valence-electron chi connectivity index (χ1n) is 10.7. The minimum absolute atomic E-state index is 0.0587. The molecule has 5 heterocycles. The van der Waals surface area contributed by atoms with Crippen LogP contribution >= 0.6 is 11.3 Å². The summed E-state index contributed by atoms with van der Waals surface area (Å²) in [6.45, 7) is 8.84. The van der Waals surface area contributed by atoms with Gasteiger partial charge in [0.05, 0.1) is 35.0 Å². The van der Waals surface area contributed by atoms with Crippen LogP contribution in [0.5, 0.6) is 0 Å². The lowest BCUT2D eigenvalue weighted by atomic mass is 9.93. The molecule has 2 saturated heterocycles. The van der Waals surface area contributed by atoms with Crippen LogP contribution in [0.15, 0.2) is 23.4 Å². The van der Waals surface area contributed by atoms with Gasteiger partial charge in [-0.1, -0.05) is 11.3 Å². The Balaban J connectivity index is 1.59. The lowest BCUT2D eigenvalue weighted by Gasteiger charge is -2.44. The number of pyridine rings is 1. The van der Waals surface area contributed by atoms with Gasteiger partial charge < -0.3 is 15.0 Å². The van der Waals surface area contributed by atoms with Gasteiger partial charge in [-0.25, -0.2) is 22.7 Å². The molecule has 3 aromatic heterocycles. The van der Waals surface area contributed by atoms with Gasteiger partial charge in [0.1, 0.15) is 16.7 Å². The van der Waals surface area contributed by atoms with Crippen LogP contribution in [-0.2, 0) is 15.7 Å². The van der Waals surface area contributed by atoms with Crippen molar-refractivity contribution in [3.05, 3.63) is 23.5 Å². The smallest absolute Gasteiger partial charge is 0.291 e. The van der Waals surface area contributed by atoms with Crippen LogP contribution in [0, 0.1) is 0 Å². The van der Waals surface area contributed by atoms with Crippen LogP contribution in [0.1, 0.15) is 32.2 Å². The highest BCUT2D eigenvalue weighted by Gasteiger charge is 2.42. The molecule has 2 N–H and O–H groups in total. The highest BCUT2D eigenvalue weighted by Crippen LogP contribution is 2.34. The van der Waals surface area contributed by atoms with Gasteiger partial charge in [0.25, 0.3) is 6.43 Å². The number of nitrogens with one attached hydrogen (secondary N) is 2. The van der Waals surface area contributed by atoms with Crippen molar-refractivity contribution in [2.24, 2.45) is 0 Å². The maximum absolute atomic E-state index is 13.4. The first kappa shape index (κ1) is 22.7. The molecule has 0 saturated carbocycles. The molecule has 0 aliphatic carbocycles. The van der Waals surface area contributed by atoms with Gasteiger partial charge in [-0.2, -0.15) is 0 Å². The number of halogens is 2. The minimum atomic E-state index is -2.69. The highest BCUT2D eigenvalue weighted by atomic mass is 32.2. The Bertz CT molecular complexity index is 1200. The number of aromatic nitrogens is 4. The van der Waals surface area contributed by atoms with E-state index in [0.717, 1.165) is 36.7 Å². The number of imidazole rings is 1. The summed E-state index contributed by atoms with van der Waals surface area (Å²) in [5.41, 5.74) is 1.63. The van der Waals surface area contributed by atoms with E-state index < -0.39 is 22.9 Å². The average molecular weight is 498 g/mol. The predicted octanol–water partition coefficient (Wildman–Crippen LogP) is 2.38. The second-order valence-electron chi connectivity index (χ2n) is 8.69. The summed E-state index contributed by atoms with van der Waals surface area (Å²) in [7, 11) is -1.53. The second-order valence-corrected chi connectivity index (χ2v) is 10.9. The standard InChI is InChI=1S/C20H25F2N7O2S2/c1-11-8-28(5-4-23-11)14-6-13(33(30)27-20(3)10-31-12(20)2)9-29-15(7-24-17(14)29)18-25-26-19(32-18)16(21)22/h6-7,9,11-12,16,23,27H,4-5,8,10H2,1-3H3. The molecule has 0 bridgehead atoms. The summed E-state index contributed by atoms with van der Waals surface area (Å²) < 4.78 is 50.0. The van der Waals surface area contributed by atoms with Crippen molar-refractivity contribution in [2.75, 3.05) is 31.1 Å². The number of rotatable bonds is 6. The van der Waals surface area contributed by atoms with Gasteiger partial charge in [0.2, 0.25) is 0 Å². The Morgan fingerprint density at radius 2 is 2.21 bits per heavy atom. The Kier molecular flexibility index (Phi) is 5.93. The normalized spacial score (nSPS) is 26.7. The summed E-state index contributed by atoms with van der Waals surface area (Å²) in [5, 5.41) is 11.0. The number of hydrogen-bond acceptors (Lipinski definition) is 8. The highest BCUT2D eigenvalue weighted by molar-refractivity contribution is 7.83. The molecule has 2 aliphatic rings. The minimum Gasteiger partial charge on any atom is -0.374 e. The van der Waals surface area contributed by atoms with E-state index in [2.05, 4.69) is 37.0 Å². The largest absolute Gasteiger partial charge is 0.374 e. The van der Waals surface area contributed by atoms with Crippen LogP contribution in [0.25, 0.3) is 16.3 Å². The number of alkyl halides is 2. The van der Waals surface area contributed by atoms with Crippen molar-refractivity contribution in [3.63, 3.8) is 0 Å². The van der Waals surface area contributed by atoms with Gasteiger partial charge in [-0.05, 0) is 26.8 Å². The summed E-state index contributed by atoms with van der Waals surface area (Å²) in [6.07, 6.45) is 0.584. The van der Waals surface area contributed by atoms with Crippen molar-refractivity contribution in [3.8, 4) is 10.7 Å². The van der Waals surface area contributed by atoms with Crippen molar-refractivity contribution in [1.82, 2.24) is 29.6 Å². The lowest BCUT2D eigenvalue weighted by molar-refractivity contribution is -0.120. The van der Waals surface area contributed by atoms with Gasteiger partial charge in [-0.3, -0.25) is 4.40 Å². The van der Waals surface area contributed by atoms with Gasteiger partial charge in [-0.15, -0.1) is 10.2 Å². The van der Waals surface area contributed by atoms with Gasteiger partial charge in [0.15, 0.2) is 15.7 Å². The third kappa shape index (κ3) is 4.16. The van der Waals surface area contributed by atoms with Crippen LogP contribution in [-0.4, -0.2) is 67.7 Å². The fourth-order valence-corrected chi connectivity index (χ4v) is 5.89. The van der Waals surface area contributed by atoms with Crippen molar-refractivity contribution in [1.29, 1.82) is 0 Å². The van der Waals surface area contributed by atoms with E-state index >= 15 is 0 Å². The van der Waals surface area contributed by atoms with Crippen LogP contribution in [0.4, 0.5) is 14.5 Å². The van der Waals surface area contributed by atoms with Crippen molar-refractivity contribution >= 4 is 33.7 Å². The molecule has 5 rings (SSSR count). The third-order valence-corrected chi connectivity index (χ3v) is 8.44. The molecule has 0 aromatic carbocycles. The first-order chi connectivity index (χ1) is 15.7. The monoisotopic (exact) mass is 497 g/mol. The van der Waals surface area contributed by atoms with Crippen LogP contribution in [0.3, 0.4) is 0 Å². The molecular weight excluding hydrogens is 472 g/mol.